The summed E-state index contributed by atoms with van der Waals surface area (Å²) in [5, 5.41) is 0.877. The lowest BCUT2D eigenvalue weighted by Crippen LogP contribution is -2.34. The van der Waals surface area contributed by atoms with Crippen molar-refractivity contribution < 1.29 is 19.1 Å². The van der Waals surface area contributed by atoms with Crippen molar-refractivity contribution in [1.82, 2.24) is 19.8 Å². The third-order valence-corrected chi connectivity index (χ3v) is 5.69. The lowest BCUT2D eigenvalue weighted by Gasteiger charge is -2.32. The number of nitrogens with one attached hydrogen (secondary N) is 1. The molecular formula is C23H28N4O4. The van der Waals surface area contributed by atoms with Crippen molar-refractivity contribution in [1.29, 1.82) is 0 Å². The first kappa shape index (κ1) is 21.1. The summed E-state index contributed by atoms with van der Waals surface area (Å²) < 4.78 is 11.4. The zero-order valence-electron chi connectivity index (χ0n) is 18.2. The van der Waals surface area contributed by atoms with Crippen molar-refractivity contribution in [3.63, 3.8) is 0 Å². The molecule has 0 aliphatic carbocycles. The lowest BCUT2D eigenvalue weighted by molar-refractivity contribution is -0.140. The maximum atomic E-state index is 13.2. The van der Waals surface area contributed by atoms with Gasteiger partial charge in [0.05, 0.1) is 0 Å². The summed E-state index contributed by atoms with van der Waals surface area (Å²) in [6.45, 7) is 4.47. The number of allylic oxidation sites excluding steroid dienone is 1. The fourth-order valence-corrected chi connectivity index (χ4v) is 3.76. The average Bonchev–Trinajstić information content (AvgIpc) is 3.30. The van der Waals surface area contributed by atoms with Gasteiger partial charge in [-0.25, -0.2) is 9.78 Å². The number of aromatic amines is 1. The summed E-state index contributed by atoms with van der Waals surface area (Å²) in [5.74, 6) is -0.0294. The van der Waals surface area contributed by atoms with Crippen LogP contribution in [0.2, 0.25) is 0 Å². The van der Waals surface area contributed by atoms with Crippen molar-refractivity contribution in [2.75, 3.05) is 40.3 Å². The Morgan fingerprint density at radius 3 is 2.90 bits per heavy atom. The highest BCUT2D eigenvalue weighted by molar-refractivity contribution is 6.26. The first-order valence-electron chi connectivity index (χ1n) is 10.6. The predicted molar refractivity (Wildman–Crippen MR) is 117 cm³/mol. The highest BCUT2D eigenvalue weighted by atomic mass is 16.5. The molecule has 8 nitrogen and oxygen atoms in total. The third-order valence-electron chi connectivity index (χ3n) is 5.69. The van der Waals surface area contributed by atoms with Gasteiger partial charge in [0.15, 0.2) is 11.3 Å². The van der Waals surface area contributed by atoms with Crippen LogP contribution in [-0.4, -0.2) is 71.9 Å². The fraction of sp³-hybridized carbons (Fsp3) is 0.435. The van der Waals surface area contributed by atoms with Crippen LogP contribution in [0.1, 0.15) is 25.3 Å². The number of piperidine rings is 1. The molecule has 0 saturated carbocycles. The van der Waals surface area contributed by atoms with Crippen LogP contribution in [-0.2, 0) is 19.1 Å². The molecule has 2 aliphatic rings. The zero-order chi connectivity index (χ0) is 22.0. The summed E-state index contributed by atoms with van der Waals surface area (Å²) in [5.41, 5.74) is 1.49. The zero-order valence-corrected chi connectivity index (χ0v) is 18.2. The molecule has 1 fully saturated rings. The van der Waals surface area contributed by atoms with Gasteiger partial charge in [-0.1, -0.05) is 6.92 Å². The number of esters is 1. The lowest BCUT2D eigenvalue weighted by atomic mass is 9.99. The number of nitrogens with zero attached hydrogens (tertiary/aromatic N) is 3. The maximum absolute atomic E-state index is 13.2. The predicted octanol–water partition coefficient (Wildman–Crippen LogP) is 2.55. The highest BCUT2D eigenvalue weighted by Crippen LogP contribution is 2.33. The Morgan fingerprint density at radius 2 is 2.16 bits per heavy atom. The number of carbonyl (C=O) groups is 2. The fourth-order valence-electron chi connectivity index (χ4n) is 3.76. The molecule has 0 atom stereocenters. The van der Waals surface area contributed by atoms with Crippen molar-refractivity contribution in [3.8, 4) is 0 Å². The number of likely N-dealkylation sites (N-methyl/N-ethyl adjacent to an activating group) is 1. The van der Waals surface area contributed by atoms with Gasteiger partial charge in [0.2, 0.25) is 11.7 Å². The number of H-pyrrole nitrogens is 1. The second kappa shape index (κ2) is 8.93. The first-order valence-corrected chi connectivity index (χ1v) is 10.6. The van der Waals surface area contributed by atoms with E-state index in [2.05, 4.69) is 16.9 Å². The highest BCUT2D eigenvalue weighted by Gasteiger charge is 2.40. The molecule has 0 radical (unpaired) electrons. The van der Waals surface area contributed by atoms with Gasteiger partial charge in [0.1, 0.15) is 12.3 Å². The van der Waals surface area contributed by atoms with Gasteiger partial charge in [-0.15, -0.1) is 0 Å². The van der Waals surface area contributed by atoms with Gasteiger partial charge in [-0.05, 0) is 51.1 Å². The molecule has 0 unspecified atom stereocenters. The molecule has 0 bridgehead atoms. The number of hydrogen-bond donors (Lipinski definition) is 1. The SMILES string of the molecule is CC1CCN(C2=C(C(=O)OCCN(C)C)C(=O)/C(=C/c3c[nH]c4ncccc34)O2)CC1. The van der Waals surface area contributed by atoms with E-state index in [1.165, 1.54) is 0 Å². The average molecular weight is 425 g/mol. The molecule has 2 aromatic rings. The van der Waals surface area contributed by atoms with E-state index in [4.69, 9.17) is 9.47 Å². The van der Waals surface area contributed by atoms with Crippen LogP contribution in [0.4, 0.5) is 0 Å². The van der Waals surface area contributed by atoms with E-state index in [-0.39, 0.29) is 17.9 Å². The topological polar surface area (TPSA) is 87.8 Å². The normalized spacial score (nSPS) is 19.0. The number of fused-ring (bicyclic) bond motifs is 1. The second-order valence-corrected chi connectivity index (χ2v) is 8.37. The maximum Gasteiger partial charge on any atom is 0.347 e. The smallest absolute Gasteiger partial charge is 0.347 e. The summed E-state index contributed by atoms with van der Waals surface area (Å²) in [4.78, 5) is 37.3. The molecule has 2 aliphatic heterocycles. The Balaban J connectivity index is 1.63. The van der Waals surface area contributed by atoms with Gasteiger partial charge in [-0.3, -0.25) is 4.79 Å². The number of hydrogen-bond acceptors (Lipinski definition) is 7. The minimum Gasteiger partial charge on any atom is -0.460 e. The van der Waals surface area contributed by atoms with Crippen molar-refractivity contribution in [3.05, 3.63) is 47.3 Å². The standard InChI is InChI=1S/C23H28N4O4/c1-15-6-9-27(10-7-15)22-19(23(29)30-12-11-26(2)3)20(28)18(31-22)13-16-14-25-21-17(16)5-4-8-24-21/h4-5,8,13-15H,6-7,9-12H2,1-3H3,(H,24,25)/b18-13-. The van der Waals surface area contributed by atoms with Gasteiger partial charge < -0.3 is 24.3 Å². The molecule has 4 heterocycles. The third kappa shape index (κ3) is 4.49. The van der Waals surface area contributed by atoms with Crippen LogP contribution < -0.4 is 0 Å². The number of Topliss-reactive ketones (excluding diaryl/α,β-unsaturated/α-hetero) is 1. The Morgan fingerprint density at radius 1 is 1.39 bits per heavy atom. The van der Waals surface area contributed by atoms with Gasteiger partial charge in [0, 0.05) is 43.0 Å². The van der Waals surface area contributed by atoms with Crippen molar-refractivity contribution in [2.45, 2.75) is 19.8 Å². The van der Waals surface area contributed by atoms with Crippen LogP contribution in [0.25, 0.3) is 17.1 Å². The molecule has 0 amide bonds. The van der Waals surface area contributed by atoms with E-state index in [0.29, 0.717) is 18.3 Å². The first-order chi connectivity index (χ1) is 14.9. The second-order valence-electron chi connectivity index (χ2n) is 8.37. The van der Waals surface area contributed by atoms with Crippen molar-refractivity contribution >= 4 is 28.9 Å². The van der Waals surface area contributed by atoms with E-state index in [9.17, 15) is 9.59 Å². The largest absolute Gasteiger partial charge is 0.460 e. The van der Waals surface area contributed by atoms with E-state index < -0.39 is 11.8 Å². The Labute approximate surface area is 181 Å². The number of carbonyl (C=O) groups excluding carboxylic acids is 2. The molecule has 4 rings (SSSR count). The minimum atomic E-state index is -0.635. The van der Waals surface area contributed by atoms with E-state index in [1.54, 1.807) is 18.5 Å². The van der Waals surface area contributed by atoms with Crippen LogP contribution in [0.15, 0.2) is 41.7 Å². The van der Waals surface area contributed by atoms with Crippen LogP contribution in [0, 0.1) is 5.92 Å². The summed E-state index contributed by atoms with van der Waals surface area (Å²) in [7, 11) is 3.79. The molecule has 0 aromatic carbocycles. The summed E-state index contributed by atoms with van der Waals surface area (Å²) in [6, 6.07) is 3.75. The van der Waals surface area contributed by atoms with Gasteiger partial charge >= 0.3 is 5.97 Å². The summed E-state index contributed by atoms with van der Waals surface area (Å²) >= 11 is 0. The number of aromatic nitrogens is 2. The number of ether oxygens (including phenoxy) is 2. The van der Waals surface area contributed by atoms with Crippen molar-refractivity contribution in [2.24, 2.45) is 5.92 Å². The molecule has 31 heavy (non-hydrogen) atoms. The van der Waals surface area contributed by atoms with E-state index >= 15 is 0 Å². The molecular weight excluding hydrogens is 396 g/mol. The number of rotatable bonds is 6. The number of likely N-dealkylation sites (tertiary alicyclic amines) is 1. The Bertz CT molecular complexity index is 1040. The Kier molecular flexibility index (Phi) is 6.08. The Hall–Kier alpha value is -3.13. The van der Waals surface area contributed by atoms with E-state index in [1.807, 2.05) is 36.0 Å². The molecule has 2 aromatic heterocycles. The van der Waals surface area contributed by atoms with Gasteiger partial charge in [-0.2, -0.15) is 0 Å². The van der Waals surface area contributed by atoms with E-state index in [0.717, 1.165) is 42.5 Å². The quantitative estimate of drug-likeness (QED) is 0.433. The number of pyridine rings is 1. The van der Waals surface area contributed by atoms with Crippen LogP contribution in [0.5, 0.6) is 0 Å². The molecule has 164 valence electrons. The number of ketones is 1. The minimum absolute atomic E-state index is 0.0162. The van der Waals surface area contributed by atoms with Crippen LogP contribution in [0.3, 0.4) is 0 Å². The van der Waals surface area contributed by atoms with Gasteiger partial charge in [0.25, 0.3) is 0 Å². The molecule has 8 heteroatoms. The van der Waals surface area contributed by atoms with Crippen LogP contribution >= 0.6 is 0 Å². The monoisotopic (exact) mass is 424 g/mol. The molecule has 1 N–H and O–H groups in total. The molecule has 1 saturated heterocycles. The summed E-state index contributed by atoms with van der Waals surface area (Å²) in [6.07, 6.45) is 7.10. The molecule has 0 spiro atoms.